The van der Waals surface area contributed by atoms with Crippen LogP contribution in [0.2, 0.25) is 0 Å². The molecule has 1 aromatic carbocycles. The Balaban J connectivity index is 1.19. The fourth-order valence-corrected chi connectivity index (χ4v) is 6.21. The minimum atomic E-state index is -0.0387. The number of H-pyrrole nitrogens is 1. The number of rotatable bonds is 5. The molecule has 1 saturated heterocycles. The van der Waals surface area contributed by atoms with Crippen molar-refractivity contribution in [3.63, 3.8) is 0 Å². The third kappa shape index (κ3) is 4.64. The second kappa shape index (κ2) is 9.55. The van der Waals surface area contributed by atoms with Crippen LogP contribution in [-0.2, 0) is 30.6 Å². The zero-order valence-electron chi connectivity index (χ0n) is 18.4. The zero-order valence-corrected chi connectivity index (χ0v) is 19.3. The molecule has 1 N–H and O–H groups in total. The van der Waals surface area contributed by atoms with Gasteiger partial charge in [-0.2, -0.15) is 0 Å². The predicted molar refractivity (Wildman–Crippen MR) is 128 cm³/mol. The Bertz CT molecular complexity index is 1150. The van der Waals surface area contributed by atoms with Gasteiger partial charge in [0, 0.05) is 50.4 Å². The fourth-order valence-electron chi connectivity index (χ4n) is 4.93. The molecule has 0 radical (unpaired) electrons. The van der Waals surface area contributed by atoms with Crippen LogP contribution < -0.4 is 5.56 Å². The summed E-state index contributed by atoms with van der Waals surface area (Å²) in [5.41, 5.74) is 2.48. The van der Waals surface area contributed by atoms with E-state index in [-0.39, 0.29) is 11.5 Å². The van der Waals surface area contributed by atoms with E-state index in [1.807, 2.05) is 11.0 Å². The molecule has 3 aromatic rings. The highest BCUT2D eigenvalue weighted by Gasteiger charge is 2.22. The Kier molecular flexibility index (Phi) is 6.37. The maximum absolute atomic E-state index is 12.9. The summed E-state index contributed by atoms with van der Waals surface area (Å²) in [4.78, 5) is 39.8. The summed E-state index contributed by atoms with van der Waals surface area (Å²) in [5, 5.41) is 0.783. The van der Waals surface area contributed by atoms with E-state index in [1.54, 1.807) is 11.3 Å². The number of amides is 1. The van der Waals surface area contributed by atoms with Gasteiger partial charge in [0.1, 0.15) is 10.7 Å². The summed E-state index contributed by atoms with van der Waals surface area (Å²) in [7, 11) is 0. The van der Waals surface area contributed by atoms with Gasteiger partial charge in [-0.3, -0.25) is 14.5 Å². The Morgan fingerprint density at radius 3 is 2.75 bits per heavy atom. The van der Waals surface area contributed by atoms with Gasteiger partial charge in [0.25, 0.3) is 5.56 Å². The van der Waals surface area contributed by atoms with Gasteiger partial charge >= 0.3 is 0 Å². The molecule has 0 atom stereocenters. The van der Waals surface area contributed by atoms with Crippen LogP contribution in [0.15, 0.2) is 35.1 Å². The van der Waals surface area contributed by atoms with Crippen LogP contribution in [0.25, 0.3) is 10.2 Å². The zero-order chi connectivity index (χ0) is 21.9. The number of fused-ring (bicyclic) bond motifs is 3. The smallest absolute Gasteiger partial charge is 0.259 e. The minimum Gasteiger partial charge on any atom is -0.341 e. The molecular formula is C25H30N4O2S. The largest absolute Gasteiger partial charge is 0.341 e. The predicted octanol–water partition coefficient (Wildman–Crippen LogP) is 3.53. The van der Waals surface area contributed by atoms with Gasteiger partial charge in [0.2, 0.25) is 5.91 Å². The molecule has 1 aliphatic carbocycles. The highest BCUT2D eigenvalue weighted by Crippen LogP contribution is 2.33. The lowest BCUT2D eigenvalue weighted by atomic mass is 9.97. The number of benzene rings is 1. The van der Waals surface area contributed by atoms with E-state index in [0.717, 1.165) is 68.6 Å². The summed E-state index contributed by atoms with van der Waals surface area (Å²) in [6, 6.07) is 10.5. The first-order valence-electron chi connectivity index (χ1n) is 11.7. The second-order valence-electron chi connectivity index (χ2n) is 8.90. The van der Waals surface area contributed by atoms with E-state index in [4.69, 9.17) is 4.98 Å². The highest BCUT2D eigenvalue weighted by atomic mass is 32.1. The number of nitrogens with one attached hydrogen (secondary N) is 1. The maximum atomic E-state index is 12.9. The van der Waals surface area contributed by atoms with Crippen molar-refractivity contribution in [1.82, 2.24) is 19.8 Å². The summed E-state index contributed by atoms with van der Waals surface area (Å²) >= 11 is 1.66. The van der Waals surface area contributed by atoms with Gasteiger partial charge in [0.05, 0.1) is 5.39 Å². The number of hydrogen-bond donors (Lipinski definition) is 1. The van der Waals surface area contributed by atoms with Crippen LogP contribution in [-0.4, -0.2) is 51.9 Å². The van der Waals surface area contributed by atoms with Crippen LogP contribution in [0.1, 0.15) is 47.5 Å². The van der Waals surface area contributed by atoms with Gasteiger partial charge in [-0.05, 0) is 43.2 Å². The summed E-state index contributed by atoms with van der Waals surface area (Å²) < 4.78 is 0. The number of carbonyl (C=O) groups excluding carboxylic acids is 1. The molecule has 168 valence electrons. The lowest BCUT2D eigenvalue weighted by Crippen LogP contribution is -2.35. The fraction of sp³-hybridized carbons (Fsp3) is 0.480. The highest BCUT2D eigenvalue weighted by molar-refractivity contribution is 7.18. The molecule has 1 fully saturated rings. The molecule has 32 heavy (non-hydrogen) atoms. The SMILES string of the molecule is O=C(CCc1nc2sc3c(c2c(=O)[nH]1)CCCC3)N1CCCN(Cc2ccccc2)CC1. The van der Waals surface area contributed by atoms with Crippen molar-refractivity contribution in [3.8, 4) is 0 Å². The van der Waals surface area contributed by atoms with Crippen molar-refractivity contribution < 1.29 is 4.79 Å². The van der Waals surface area contributed by atoms with E-state index in [0.29, 0.717) is 18.7 Å². The molecule has 0 spiro atoms. The summed E-state index contributed by atoms with van der Waals surface area (Å²) in [5.74, 6) is 0.787. The third-order valence-corrected chi connectivity index (χ3v) is 7.83. The minimum absolute atomic E-state index is 0.0387. The first-order chi connectivity index (χ1) is 15.7. The molecule has 3 heterocycles. The van der Waals surface area contributed by atoms with Gasteiger partial charge in [-0.15, -0.1) is 11.3 Å². The third-order valence-electron chi connectivity index (χ3n) is 6.64. The van der Waals surface area contributed by atoms with E-state index < -0.39 is 0 Å². The van der Waals surface area contributed by atoms with Gasteiger partial charge in [-0.1, -0.05) is 30.3 Å². The first kappa shape index (κ1) is 21.3. The molecule has 0 saturated carbocycles. The van der Waals surface area contributed by atoms with Crippen LogP contribution in [0, 0.1) is 0 Å². The van der Waals surface area contributed by atoms with Crippen LogP contribution in [0.4, 0.5) is 0 Å². The molecule has 2 aromatic heterocycles. The Labute approximate surface area is 192 Å². The van der Waals surface area contributed by atoms with Crippen molar-refractivity contribution in [1.29, 1.82) is 0 Å². The number of thiophene rings is 1. The number of hydrogen-bond acceptors (Lipinski definition) is 5. The van der Waals surface area contributed by atoms with Gasteiger partial charge in [-0.25, -0.2) is 4.98 Å². The molecule has 1 amide bonds. The van der Waals surface area contributed by atoms with Crippen molar-refractivity contribution in [2.24, 2.45) is 0 Å². The summed E-state index contributed by atoms with van der Waals surface area (Å²) in [6.45, 7) is 4.38. The molecule has 5 rings (SSSR count). The van der Waals surface area contributed by atoms with Crippen molar-refractivity contribution in [3.05, 3.63) is 62.5 Å². The van der Waals surface area contributed by atoms with Crippen molar-refractivity contribution in [2.45, 2.75) is 51.5 Å². The number of carbonyl (C=O) groups is 1. The van der Waals surface area contributed by atoms with Gasteiger partial charge < -0.3 is 9.88 Å². The number of aromatic amines is 1. The Morgan fingerprint density at radius 1 is 1.03 bits per heavy atom. The number of aryl methyl sites for hydroxylation is 3. The van der Waals surface area contributed by atoms with E-state index in [2.05, 4.69) is 34.1 Å². The molecule has 7 heteroatoms. The molecule has 2 aliphatic rings. The van der Waals surface area contributed by atoms with E-state index >= 15 is 0 Å². The lowest BCUT2D eigenvalue weighted by Gasteiger charge is -2.22. The van der Waals surface area contributed by atoms with Crippen LogP contribution in [0.5, 0.6) is 0 Å². The molecule has 6 nitrogen and oxygen atoms in total. The topological polar surface area (TPSA) is 69.3 Å². The van der Waals surface area contributed by atoms with Crippen LogP contribution in [0.3, 0.4) is 0 Å². The normalized spacial score (nSPS) is 17.3. The molecule has 0 unspecified atom stereocenters. The van der Waals surface area contributed by atoms with Crippen molar-refractivity contribution >= 4 is 27.5 Å². The number of nitrogens with zero attached hydrogens (tertiary/aromatic N) is 3. The lowest BCUT2D eigenvalue weighted by molar-refractivity contribution is -0.131. The van der Waals surface area contributed by atoms with E-state index in [1.165, 1.54) is 22.4 Å². The second-order valence-corrected chi connectivity index (χ2v) is 9.98. The average molecular weight is 451 g/mol. The average Bonchev–Trinajstić information content (AvgIpc) is 3.03. The summed E-state index contributed by atoms with van der Waals surface area (Å²) in [6.07, 6.45) is 6.23. The van der Waals surface area contributed by atoms with Gasteiger partial charge in [0.15, 0.2) is 0 Å². The van der Waals surface area contributed by atoms with Crippen molar-refractivity contribution in [2.75, 3.05) is 26.2 Å². The monoisotopic (exact) mass is 450 g/mol. The molecular weight excluding hydrogens is 420 g/mol. The molecule has 1 aliphatic heterocycles. The first-order valence-corrected chi connectivity index (χ1v) is 12.6. The number of aromatic nitrogens is 2. The quantitative estimate of drug-likeness (QED) is 0.646. The standard InChI is InChI=1S/C25H30N4O2S/c30-22(29-14-6-13-28(15-16-29)17-18-7-2-1-3-8-18)12-11-21-26-24(31)23-19-9-4-5-10-20(19)32-25(23)27-21/h1-3,7-8H,4-6,9-17H2,(H,26,27,31). The Morgan fingerprint density at radius 2 is 1.88 bits per heavy atom. The molecule has 0 bridgehead atoms. The van der Waals surface area contributed by atoms with Crippen LogP contribution >= 0.6 is 11.3 Å². The maximum Gasteiger partial charge on any atom is 0.259 e. The Hall–Kier alpha value is -2.51. The van der Waals surface area contributed by atoms with E-state index in [9.17, 15) is 9.59 Å².